The molecule has 16 heteroatoms. The highest BCUT2D eigenvalue weighted by Gasteiger charge is 2.35. The zero-order valence-corrected chi connectivity index (χ0v) is 42.1. The summed E-state index contributed by atoms with van der Waals surface area (Å²) in [7, 11) is 0. The predicted molar refractivity (Wildman–Crippen MR) is 267 cm³/mol. The number of hydrogen-bond donors (Lipinski definition) is 0. The van der Waals surface area contributed by atoms with Crippen LogP contribution in [0.5, 0.6) is 17.2 Å². The van der Waals surface area contributed by atoms with E-state index in [-0.39, 0.29) is 17.1 Å². The molecule has 408 valence electrons. The lowest BCUT2D eigenvalue weighted by Crippen LogP contribution is -2.19. The van der Waals surface area contributed by atoms with E-state index in [2.05, 4.69) is 35.0 Å². The standard InChI is InChI=1S/C20H19F5O.2C20H20F4O/c1-12-2-4-13(5-3-12)14-6-8-15(9-7-14)16-10-17(21)19(18(22)11-16)26-20(23,24)25;1-13-2-4-14(5-3-13)16-8-11-18(19(21)12-16)15-6-9-17(10-7-15)25-20(22,23)24;1-13-2-4-14(5-3-13)15-6-8-16(9-7-15)17-10-11-19(18(21)12-17)25-20(22,23)24/h6-13H,2-5H2,1H3;2*6-14H,2-5H2,1H3. The van der Waals surface area contributed by atoms with Crippen LogP contribution in [0.1, 0.15) is 132 Å². The number of hydrogen-bond acceptors (Lipinski definition) is 3. The molecule has 6 aromatic rings. The molecule has 76 heavy (non-hydrogen) atoms. The number of benzene rings is 6. The molecule has 0 unspecified atom stereocenters. The van der Waals surface area contributed by atoms with E-state index in [1.165, 1.54) is 80.0 Å². The Morgan fingerprint density at radius 2 is 0.697 bits per heavy atom. The van der Waals surface area contributed by atoms with Crippen LogP contribution in [0, 0.1) is 41.0 Å². The van der Waals surface area contributed by atoms with E-state index in [9.17, 15) is 57.1 Å². The summed E-state index contributed by atoms with van der Waals surface area (Å²) >= 11 is 0. The van der Waals surface area contributed by atoms with E-state index in [1.807, 2.05) is 42.5 Å². The Balaban J connectivity index is 0.000000166. The molecule has 3 aliphatic carbocycles. The molecule has 9 rings (SSSR count). The molecule has 0 N–H and O–H groups in total. The Kier molecular flexibility index (Phi) is 18.8. The quantitative estimate of drug-likeness (QED) is 0.135. The van der Waals surface area contributed by atoms with E-state index in [0.717, 1.165) is 91.7 Å². The fraction of sp³-hybridized carbons (Fsp3) is 0.400. The minimum Gasteiger partial charge on any atom is -0.406 e. The molecule has 0 spiro atoms. The Hall–Kier alpha value is -6.19. The molecule has 0 amide bonds. The molecule has 3 aliphatic rings. The van der Waals surface area contributed by atoms with Crippen LogP contribution < -0.4 is 14.2 Å². The second-order valence-corrected chi connectivity index (χ2v) is 20.4. The molecule has 0 aliphatic heterocycles. The SMILES string of the molecule is CC1CCC(c2ccc(-c3cc(F)c(OC(F)(F)F)c(F)c3)cc2)CC1.CC1CCC(c2ccc(-c3ccc(OC(F)(F)F)c(F)c3)cc2)CC1.CC1CCC(c2ccc(-c3ccc(OC(F)(F)F)cc3)c(F)c2)CC1. The van der Waals surface area contributed by atoms with Gasteiger partial charge in [0.25, 0.3) is 0 Å². The van der Waals surface area contributed by atoms with Crippen LogP contribution in [-0.4, -0.2) is 19.1 Å². The first kappa shape index (κ1) is 57.5. The average molecular weight is 1080 g/mol. The van der Waals surface area contributed by atoms with Gasteiger partial charge in [0.2, 0.25) is 5.75 Å². The summed E-state index contributed by atoms with van der Waals surface area (Å²) in [5.41, 5.74) is 6.35. The molecule has 3 nitrogen and oxygen atoms in total. The molecule has 3 saturated carbocycles. The monoisotopic (exact) mass is 1070 g/mol. The normalized spacial score (nSPS) is 21.1. The van der Waals surface area contributed by atoms with Crippen molar-refractivity contribution in [3.8, 4) is 50.6 Å². The van der Waals surface area contributed by atoms with Crippen molar-refractivity contribution in [3.63, 3.8) is 0 Å². The van der Waals surface area contributed by atoms with Gasteiger partial charge in [0.15, 0.2) is 23.2 Å². The van der Waals surface area contributed by atoms with Crippen molar-refractivity contribution < 1.29 is 71.3 Å². The third-order valence-corrected chi connectivity index (χ3v) is 14.7. The largest absolute Gasteiger partial charge is 0.573 e. The summed E-state index contributed by atoms with van der Waals surface area (Å²) in [5.74, 6) is -3.01. The number of alkyl halides is 9. The lowest BCUT2D eigenvalue weighted by Gasteiger charge is -2.26. The summed E-state index contributed by atoms with van der Waals surface area (Å²) in [6, 6.07) is 30.9. The second kappa shape index (κ2) is 24.9. The molecule has 0 heterocycles. The lowest BCUT2D eigenvalue weighted by molar-refractivity contribution is -0.277. The fourth-order valence-electron chi connectivity index (χ4n) is 10.4. The minimum absolute atomic E-state index is 0.165. The molecule has 0 atom stereocenters. The highest BCUT2D eigenvalue weighted by Crippen LogP contribution is 2.41. The Morgan fingerprint density at radius 1 is 0.329 bits per heavy atom. The average Bonchev–Trinajstić information content (AvgIpc) is 3.36. The van der Waals surface area contributed by atoms with Gasteiger partial charge in [-0.2, -0.15) is 0 Å². The van der Waals surface area contributed by atoms with Gasteiger partial charge in [-0.15, -0.1) is 39.5 Å². The summed E-state index contributed by atoms with van der Waals surface area (Å²) in [4.78, 5) is 0. The van der Waals surface area contributed by atoms with Gasteiger partial charge in [-0.1, -0.05) is 138 Å². The molecule has 0 bridgehead atoms. The zero-order chi connectivity index (χ0) is 55.0. The first-order chi connectivity index (χ1) is 35.9. The number of ether oxygens (including phenoxy) is 3. The van der Waals surface area contributed by atoms with Gasteiger partial charge in [-0.25, -0.2) is 17.6 Å². The van der Waals surface area contributed by atoms with Crippen molar-refractivity contribution in [2.24, 2.45) is 17.8 Å². The van der Waals surface area contributed by atoms with Crippen molar-refractivity contribution in [2.45, 2.75) is 135 Å². The van der Waals surface area contributed by atoms with Gasteiger partial charge in [-0.3, -0.25) is 0 Å². The molecular weight excluding hydrogens is 1020 g/mol. The van der Waals surface area contributed by atoms with E-state index in [0.29, 0.717) is 40.0 Å². The first-order valence-electron chi connectivity index (χ1n) is 25.5. The lowest BCUT2D eigenvalue weighted by atomic mass is 9.79. The first-order valence-corrected chi connectivity index (χ1v) is 25.5. The van der Waals surface area contributed by atoms with Crippen molar-refractivity contribution in [1.29, 1.82) is 0 Å². The van der Waals surface area contributed by atoms with E-state index in [1.54, 1.807) is 24.3 Å². The maximum atomic E-state index is 14.5. The van der Waals surface area contributed by atoms with Gasteiger partial charge in [0.1, 0.15) is 11.6 Å². The summed E-state index contributed by atoms with van der Waals surface area (Å²) < 4.78 is 177. The highest BCUT2D eigenvalue weighted by atomic mass is 19.4. The van der Waals surface area contributed by atoms with Crippen molar-refractivity contribution >= 4 is 0 Å². The van der Waals surface area contributed by atoms with Crippen LogP contribution in [0.4, 0.5) is 57.1 Å². The summed E-state index contributed by atoms with van der Waals surface area (Å²) in [6.07, 6.45) is -0.882. The second-order valence-electron chi connectivity index (χ2n) is 20.4. The Bertz CT molecular complexity index is 2780. The van der Waals surface area contributed by atoms with Crippen LogP contribution in [0.2, 0.25) is 0 Å². The maximum absolute atomic E-state index is 14.5. The molecular formula is C60H59F13O3. The van der Waals surface area contributed by atoms with Gasteiger partial charge in [0, 0.05) is 5.56 Å². The third-order valence-electron chi connectivity index (χ3n) is 14.7. The Morgan fingerprint density at radius 3 is 1.11 bits per heavy atom. The molecule has 3 fully saturated rings. The van der Waals surface area contributed by atoms with Crippen LogP contribution >= 0.6 is 0 Å². The highest BCUT2D eigenvalue weighted by molar-refractivity contribution is 5.67. The molecule has 0 saturated heterocycles. The molecule has 6 aromatic carbocycles. The van der Waals surface area contributed by atoms with Crippen LogP contribution in [-0.2, 0) is 0 Å². The molecule has 0 radical (unpaired) electrons. The number of halogens is 13. The van der Waals surface area contributed by atoms with Crippen molar-refractivity contribution in [3.05, 3.63) is 161 Å². The van der Waals surface area contributed by atoms with E-state index in [4.69, 9.17) is 0 Å². The van der Waals surface area contributed by atoms with Crippen LogP contribution in [0.15, 0.2) is 121 Å². The van der Waals surface area contributed by atoms with Crippen LogP contribution in [0.25, 0.3) is 33.4 Å². The molecule has 0 aromatic heterocycles. The van der Waals surface area contributed by atoms with Gasteiger partial charge in [-0.05, 0) is 161 Å². The summed E-state index contributed by atoms with van der Waals surface area (Å²) in [5, 5.41) is 0. The third kappa shape index (κ3) is 16.7. The smallest absolute Gasteiger partial charge is 0.406 e. The topological polar surface area (TPSA) is 27.7 Å². The predicted octanol–water partition coefficient (Wildman–Crippen LogP) is 20.2. The van der Waals surface area contributed by atoms with Crippen molar-refractivity contribution in [1.82, 2.24) is 0 Å². The van der Waals surface area contributed by atoms with Crippen molar-refractivity contribution in [2.75, 3.05) is 0 Å². The van der Waals surface area contributed by atoms with Gasteiger partial charge in [0.05, 0.1) is 0 Å². The van der Waals surface area contributed by atoms with Gasteiger partial charge >= 0.3 is 19.1 Å². The van der Waals surface area contributed by atoms with E-state index < -0.39 is 48.0 Å². The zero-order valence-electron chi connectivity index (χ0n) is 42.1. The summed E-state index contributed by atoms with van der Waals surface area (Å²) in [6.45, 7) is 6.76. The van der Waals surface area contributed by atoms with Crippen LogP contribution in [0.3, 0.4) is 0 Å². The Labute approximate surface area is 434 Å². The van der Waals surface area contributed by atoms with Gasteiger partial charge < -0.3 is 14.2 Å². The minimum atomic E-state index is -5.15. The number of rotatable bonds is 9. The fourth-order valence-corrected chi connectivity index (χ4v) is 10.4. The van der Waals surface area contributed by atoms with E-state index >= 15 is 0 Å². The maximum Gasteiger partial charge on any atom is 0.573 e.